The van der Waals surface area contributed by atoms with Crippen molar-refractivity contribution in [2.75, 3.05) is 39.5 Å². The Kier molecular flexibility index (Phi) is 9.43. The van der Waals surface area contributed by atoms with Crippen molar-refractivity contribution in [1.29, 1.82) is 0 Å². The Morgan fingerprint density at radius 2 is 1.20 bits per heavy atom. The van der Waals surface area contributed by atoms with Crippen molar-refractivity contribution in [2.45, 2.75) is 0 Å². The highest BCUT2D eigenvalue weighted by atomic mass is 17.1. The molecule has 0 spiro atoms. The van der Waals surface area contributed by atoms with E-state index in [9.17, 15) is 14.4 Å². The molecule has 11 heteroatoms. The van der Waals surface area contributed by atoms with Gasteiger partial charge in [0.2, 0.25) is 0 Å². The molecule has 0 bridgehead atoms. The van der Waals surface area contributed by atoms with E-state index < -0.39 is 18.5 Å². The number of ether oxygens (including phenoxy) is 3. The topological polar surface area (TPSA) is 152 Å². The van der Waals surface area contributed by atoms with E-state index in [-0.39, 0.29) is 39.5 Å². The second-order valence-corrected chi connectivity index (χ2v) is 3.26. The maximum atomic E-state index is 10.5. The molecule has 0 radical (unpaired) electrons. The number of carbonyl (C=O) groups excluding carboxylic acids is 1. The van der Waals surface area contributed by atoms with Crippen LogP contribution in [0.4, 0.5) is 14.4 Å². The normalized spacial score (nSPS) is 9.90. The van der Waals surface area contributed by atoms with Crippen molar-refractivity contribution in [1.82, 2.24) is 4.90 Å². The van der Waals surface area contributed by atoms with E-state index in [1.807, 2.05) is 0 Å². The standard InChI is InChI=1S/C9H15NO10/c11-7(12)17-4-1-10(2-5-18-8(13)14)3-6-19-9(15)20-16/h16H,1-6H2,(H,11,12)(H,13,14). The van der Waals surface area contributed by atoms with Gasteiger partial charge in [-0.3, -0.25) is 9.79 Å². The van der Waals surface area contributed by atoms with Gasteiger partial charge in [0.05, 0.1) is 0 Å². The lowest BCUT2D eigenvalue weighted by Gasteiger charge is -2.20. The zero-order valence-electron chi connectivity index (χ0n) is 10.4. The lowest BCUT2D eigenvalue weighted by atomic mass is 10.4. The number of carbonyl (C=O) groups is 3. The average Bonchev–Trinajstić information content (AvgIpc) is 2.37. The van der Waals surface area contributed by atoms with E-state index in [0.29, 0.717) is 0 Å². The van der Waals surface area contributed by atoms with Gasteiger partial charge in [0.25, 0.3) is 0 Å². The van der Waals surface area contributed by atoms with Gasteiger partial charge >= 0.3 is 18.5 Å². The van der Waals surface area contributed by atoms with Gasteiger partial charge < -0.3 is 24.4 Å². The number of carboxylic acid groups (broad SMARTS) is 2. The van der Waals surface area contributed by atoms with Crippen molar-refractivity contribution < 1.29 is 49.0 Å². The van der Waals surface area contributed by atoms with Crippen LogP contribution < -0.4 is 0 Å². The first-order chi connectivity index (χ1) is 9.45. The first-order valence-corrected chi connectivity index (χ1v) is 5.37. The third-order valence-corrected chi connectivity index (χ3v) is 1.97. The number of hydrogen-bond donors (Lipinski definition) is 3. The van der Waals surface area contributed by atoms with Crippen LogP contribution in [-0.4, -0.2) is 78.3 Å². The fourth-order valence-corrected chi connectivity index (χ4v) is 1.14. The minimum Gasteiger partial charge on any atom is -0.450 e. The lowest BCUT2D eigenvalue weighted by molar-refractivity contribution is -0.200. The molecule has 0 aromatic rings. The molecule has 0 heterocycles. The second kappa shape index (κ2) is 10.6. The quantitative estimate of drug-likeness (QED) is 0.233. The Bertz CT molecular complexity index is 300. The van der Waals surface area contributed by atoms with Gasteiger partial charge in [0.15, 0.2) is 0 Å². The predicted molar refractivity (Wildman–Crippen MR) is 59.5 cm³/mol. The van der Waals surface area contributed by atoms with Crippen LogP contribution in [0.15, 0.2) is 0 Å². The van der Waals surface area contributed by atoms with Crippen LogP contribution in [0.25, 0.3) is 0 Å². The Morgan fingerprint density at radius 3 is 1.55 bits per heavy atom. The van der Waals surface area contributed by atoms with Gasteiger partial charge in [0.1, 0.15) is 19.8 Å². The fraction of sp³-hybridized carbons (Fsp3) is 0.667. The zero-order valence-corrected chi connectivity index (χ0v) is 10.4. The number of nitrogens with zero attached hydrogens (tertiary/aromatic N) is 1. The molecule has 0 fully saturated rings. The molecule has 0 aromatic heterocycles. The molecule has 0 saturated heterocycles. The summed E-state index contributed by atoms with van der Waals surface area (Å²) in [5.74, 6) is 0. The van der Waals surface area contributed by atoms with Gasteiger partial charge in [-0.15, -0.1) is 0 Å². The van der Waals surface area contributed by atoms with Crippen LogP contribution in [0.3, 0.4) is 0 Å². The van der Waals surface area contributed by atoms with E-state index in [1.54, 1.807) is 0 Å². The van der Waals surface area contributed by atoms with Crippen molar-refractivity contribution in [3.63, 3.8) is 0 Å². The molecule has 0 unspecified atom stereocenters. The van der Waals surface area contributed by atoms with Crippen LogP contribution in [0.2, 0.25) is 0 Å². The molecule has 3 N–H and O–H groups in total. The molecule has 0 saturated carbocycles. The largest absolute Gasteiger partial charge is 0.540 e. The minimum absolute atomic E-state index is 0.140. The summed E-state index contributed by atoms with van der Waals surface area (Å²) in [5, 5.41) is 24.5. The van der Waals surface area contributed by atoms with E-state index >= 15 is 0 Å². The predicted octanol–water partition coefficient (Wildman–Crippen LogP) is 0.304. The lowest BCUT2D eigenvalue weighted by Crippen LogP contribution is -2.35. The molecule has 0 atom stereocenters. The van der Waals surface area contributed by atoms with Crippen LogP contribution >= 0.6 is 0 Å². The molecule has 0 aliphatic heterocycles. The fourth-order valence-electron chi connectivity index (χ4n) is 1.14. The van der Waals surface area contributed by atoms with Gasteiger partial charge in [-0.25, -0.2) is 14.4 Å². The molecule has 0 aliphatic carbocycles. The molecule has 0 amide bonds. The van der Waals surface area contributed by atoms with Crippen LogP contribution in [-0.2, 0) is 19.1 Å². The van der Waals surface area contributed by atoms with Crippen LogP contribution in [0, 0.1) is 0 Å². The summed E-state index contributed by atoms with van der Waals surface area (Å²) in [6.45, 7) is -0.0140. The Hall–Kier alpha value is -2.27. The second-order valence-electron chi connectivity index (χ2n) is 3.26. The molecular formula is C9H15NO10. The van der Waals surface area contributed by atoms with Gasteiger partial charge in [-0.2, -0.15) is 5.26 Å². The first kappa shape index (κ1) is 17.7. The highest BCUT2D eigenvalue weighted by Crippen LogP contribution is 1.93. The summed E-state index contributed by atoms with van der Waals surface area (Å²) in [6, 6.07) is 0. The van der Waals surface area contributed by atoms with Gasteiger partial charge in [0, 0.05) is 19.6 Å². The van der Waals surface area contributed by atoms with Crippen molar-refractivity contribution in [3.05, 3.63) is 0 Å². The summed E-state index contributed by atoms with van der Waals surface area (Å²) in [6.07, 6.45) is -4.16. The van der Waals surface area contributed by atoms with E-state index in [0.717, 1.165) is 0 Å². The highest BCUT2D eigenvalue weighted by molar-refractivity contribution is 5.58. The summed E-state index contributed by atoms with van der Waals surface area (Å²) in [5.41, 5.74) is 0. The van der Waals surface area contributed by atoms with E-state index in [4.69, 9.17) is 15.5 Å². The monoisotopic (exact) mass is 297 g/mol. The smallest absolute Gasteiger partial charge is 0.450 e. The van der Waals surface area contributed by atoms with Crippen LogP contribution in [0.1, 0.15) is 0 Å². The molecule has 116 valence electrons. The maximum absolute atomic E-state index is 10.5. The van der Waals surface area contributed by atoms with Crippen LogP contribution in [0.5, 0.6) is 0 Å². The van der Waals surface area contributed by atoms with Gasteiger partial charge in [-0.05, 0) is 0 Å². The van der Waals surface area contributed by atoms with E-state index in [1.165, 1.54) is 4.90 Å². The summed E-state index contributed by atoms with van der Waals surface area (Å²) >= 11 is 0. The van der Waals surface area contributed by atoms with E-state index in [2.05, 4.69) is 19.1 Å². The summed E-state index contributed by atoms with van der Waals surface area (Å²) < 4.78 is 13.0. The SMILES string of the molecule is O=C(O)OCCN(CCOC(=O)O)CCOC(=O)OO. The molecule has 11 nitrogen and oxygen atoms in total. The Morgan fingerprint density at radius 1 is 0.800 bits per heavy atom. The first-order valence-electron chi connectivity index (χ1n) is 5.37. The Labute approximate surface area is 113 Å². The summed E-state index contributed by atoms with van der Waals surface area (Å²) in [4.78, 5) is 35.6. The Balaban J connectivity index is 3.99. The molecule has 0 rings (SSSR count). The van der Waals surface area contributed by atoms with Crippen molar-refractivity contribution in [2.24, 2.45) is 0 Å². The molecule has 0 aliphatic rings. The average molecular weight is 297 g/mol. The minimum atomic E-state index is -1.44. The molecule has 0 aromatic carbocycles. The summed E-state index contributed by atoms with van der Waals surface area (Å²) in [7, 11) is 0. The molecular weight excluding hydrogens is 282 g/mol. The third-order valence-electron chi connectivity index (χ3n) is 1.97. The third kappa shape index (κ3) is 10.9. The molecule has 20 heavy (non-hydrogen) atoms. The highest BCUT2D eigenvalue weighted by Gasteiger charge is 2.10. The number of rotatable bonds is 9. The number of hydrogen-bond acceptors (Lipinski definition) is 9. The maximum Gasteiger partial charge on any atom is 0.540 e. The zero-order chi connectivity index (χ0) is 15.4. The van der Waals surface area contributed by atoms with Crippen molar-refractivity contribution >= 4 is 18.5 Å². The van der Waals surface area contributed by atoms with Crippen molar-refractivity contribution in [3.8, 4) is 0 Å². The van der Waals surface area contributed by atoms with Gasteiger partial charge in [-0.1, -0.05) is 0 Å².